The molecule has 5 heteroatoms. The summed E-state index contributed by atoms with van der Waals surface area (Å²) in [4.78, 5) is 3.48. The van der Waals surface area contributed by atoms with Gasteiger partial charge < -0.3 is 19.6 Å². The zero-order chi connectivity index (χ0) is 19.5. The Labute approximate surface area is 166 Å². The Bertz CT molecular complexity index is 1550. The molecule has 138 valence electrons. The molecule has 4 aromatic carbocycles. The van der Waals surface area contributed by atoms with Gasteiger partial charge in [-0.25, -0.2) is 0 Å². The van der Waals surface area contributed by atoms with Gasteiger partial charge in [0, 0.05) is 38.3 Å². The van der Waals surface area contributed by atoms with Crippen molar-refractivity contribution in [2.75, 3.05) is 0 Å². The van der Waals surface area contributed by atoms with Gasteiger partial charge in [0.15, 0.2) is 0 Å². The molecule has 29 heavy (non-hydrogen) atoms. The lowest BCUT2D eigenvalue weighted by Gasteiger charge is -2.09. The summed E-state index contributed by atoms with van der Waals surface area (Å²) in [5.41, 5.74) is 5.93. The van der Waals surface area contributed by atoms with E-state index in [2.05, 4.69) is 58.1 Å². The van der Waals surface area contributed by atoms with Crippen LogP contribution in [0.25, 0.3) is 49.3 Å². The highest BCUT2D eigenvalue weighted by Gasteiger charge is 2.17. The summed E-state index contributed by atoms with van der Waals surface area (Å²) in [6.07, 6.45) is 0. The van der Waals surface area contributed by atoms with Crippen molar-refractivity contribution in [1.82, 2.24) is 9.55 Å². The topological polar surface area (TPSA) is 61.2 Å². The van der Waals surface area contributed by atoms with Crippen molar-refractivity contribution in [3.8, 4) is 5.69 Å². The summed E-state index contributed by atoms with van der Waals surface area (Å²) in [6, 6.07) is 28.6. The fraction of sp³-hybridized carbons (Fsp3) is 0. The molecule has 0 saturated carbocycles. The molecule has 0 amide bonds. The third kappa shape index (κ3) is 2.35. The van der Waals surface area contributed by atoms with Crippen molar-refractivity contribution < 1.29 is 10.0 Å². The molecule has 2 heterocycles. The highest BCUT2D eigenvalue weighted by Crippen LogP contribution is 2.34. The number of aromatic amines is 1. The summed E-state index contributed by atoms with van der Waals surface area (Å²) < 4.78 is 2.24. The van der Waals surface area contributed by atoms with Crippen LogP contribution in [-0.2, 0) is 0 Å². The van der Waals surface area contributed by atoms with Gasteiger partial charge in [0.25, 0.3) is 0 Å². The van der Waals surface area contributed by atoms with Crippen molar-refractivity contribution >= 4 is 56.2 Å². The maximum Gasteiger partial charge on any atom is 0.488 e. The Morgan fingerprint density at radius 3 is 2.21 bits per heavy atom. The molecule has 0 aliphatic rings. The molecule has 6 aromatic rings. The van der Waals surface area contributed by atoms with Gasteiger partial charge in [-0.2, -0.15) is 0 Å². The van der Waals surface area contributed by atoms with Crippen LogP contribution in [0.3, 0.4) is 0 Å². The van der Waals surface area contributed by atoms with E-state index in [1.54, 1.807) is 6.07 Å². The van der Waals surface area contributed by atoms with Gasteiger partial charge >= 0.3 is 7.12 Å². The first-order chi connectivity index (χ1) is 14.2. The third-order valence-electron chi connectivity index (χ3n) is 5.74. The largest absolute Gasteiger partial charge is 0.488 e. The fourth-order valence-corrected chi connectivity index (χ4v) is 4.40. The van der Waals surface area contributed by atoms with E-state index in [-0.39, 0.29) is 0 Å². The second-order valence-corrected chi connectivity index (χ2v) is 7.40. The summed E-state index contributed by atoms with van der Waals surface area (Å²) in [5.74, 6) is 0. The quantitative estimate of drug-likeness (QED) is 0.399. The van der Waals surface area contributed by atoms with Gasteiger partial charge in [0.1, 0.15) is 0 Å². The molecule has 0 unspecified atom stereocenters. The number of aromatic nitrogens is 2. The molecule has 0 aliphatic heterocycles. The van der Waals surface area contributed by atoms with Crippen molar-refractivity contribution in [1.29, 1.82) is 0 Å². The Morgan fingerprint density at radius 1 is 0.621 bits per heavy atom. The molecule has 0 aliphatic carbocycles. The monoisotopic (exact) mass is 376 g/mol. The number of hydrogen-bond donors (Lipinski definition) is 3. The molecule has 0 saturated heterocycles. The molecule has 0 radical (unpaired) electrons. The fourth-order valence-electron chi connectivity index (χ4n) is 4.40. The van der Waals surface area contributed by atoms with Gasteiger partial charge in [-0.3, -0.25) is 0 Å². The lowest BCUT2D eigenvalue weighted by molar-refractivity contribution is 0.426. The summed E-state index contributed by atoms with van der Waals surface area (Å²) >= 11 is 0. The Morgan fingerprint density at radius 2 is 1.34 bits per heavy atom. The molecule has 0 bridgehead atoms. The minimum atomic E-state index is -1.48. The minimum absolute atomic E-state index is 0.493. The first-order valence-corrected chi connectivity index (χ1v) is 9.61. The molecule has 4 nitrogen and oxygen atoms in total. The van der Waals surface area contributed by atoms with Crippen LogP contribution >= 0.6 is 0 Å². The smallest absolute Gasteiger partial charge is 0.423 e. The molecular weight excluding hydrogens is 359 g/mol. The molecular formula is C24H17BN2O2. The number of nitrogens with one attached hydrogen (secondary N) is 1. The number of benzene rings is 4. The molecule has 2 aromatic heterocycles. The summed E-state index contributed by atoms with van der Waals surface area (Å²) in [5, 5.41) is 23.7. The second-order valence-electron chi connectivity index (χ2n) is 7.40. The van der Waals surface area contributed by atoms with E-state index in [0.717, 1.165) is 38.5 Å². The average molecular weight is 376 g/mol. The van der Waals surface area contributed by atoms with Gasteiger partial charge in [0.2, 0.25) is 0 Å². The Hall–Kier alpha value is -3.54. The number of fused-ring (bicyclic) bond motifs is 6. The highest BCUT2D eigenvalue weighted by molar-refractivity contribution is 6.59. The normalized spacial score (nSPS) is 11.8. The molecule has 0 fully saturated rings. The third-order valence-corrected chi connectivity index (χ3v) is 5.74. The molecule has 0 spiro atoms. The van der Waals surface area contributed by atoms with Gasteiger partial charge in [-0.05, 0) is 41.9 Å². The second kappa shape index (κ2) is 5.98. The predicted molar refractivity (Wildman–Crippen MR) is 120 cm³/mol. The van der Waals surface area contributed by atoms with Crippen molar-refractivity contribution in [2.24, 2.45) is 0 Å². The van der Waals surface area contributed by atoms with Gasteiger partial charge in [-0.15, -0.1) is 0 Å². The Kier molecular flexibility index (Phi) is 3.39. The van der Waals surface area contributed by atoms with Crippen LogP contribution in [0.5, 0.6) is 0 Å². The van der Waals surface area contributed by atoms with Crippen molar-refractivity contribution in [3.63, 3.8) is 0 Å². The van der Waals surface area contributed by atoms with E-state index in [1.807, 2.05) is 30.3 Å². The first kappa shape index (κ1) is 16.4. The molecule has 3 N–H and O–H groups in total. The number of hydrogen-bond acceptors (Lipinski definition) is 2. The van der Waals surface area contributed by atoms with Crippen LogP contribution in [0.15, 0.2) is 84.9 Å². The van der Waals surface area contributed by atoms with E-state index in [4.69, 9.17) is 0 Å². The average Bonchev–Trinajstić information content (AvgIpc) is 3.28. The van der Waals surface area contributed by atoms with Crippen LogP contribution in [0.1, 0.15) is 0 Å². The van der Waals surface area contributed by atoms with E-state index in [9.17, 15) is 10.0 Å². The Balaban J connectivity index is 1.71. The summed E-state index contributed by atoms with van der Waals surface area (Å²) in [6.45, 7) is 0. The van der Waals surface area contributed by atoms with Crippen LogP contribution in [0.4, 0.5) is 0 Å². The maximum atomic E-state index is 9.62. The zero-order valence-electron chi connectivity index (χ0n) is 15.5. The van der Waals surface area contributed by atoms with E-state index >= 15 is 0 Å². The zero-order valence-corrected chi connectivity index (χ0v) is 15.5. The SMILES string of the molecule is OB(O)c1ccc2c(c1)c1ccccc1n2-c1ccc2[nH]c3ccccc3c2c1. The van der Waals surface area contributed by atoms with Crippen LogP contribution in [0, 0.1) is 0 Å². The number of para-hydroxylation sites is 2. The molecule has 0 atom stereocenters. The number of nitrogens with zero attached hydrogens (tertiary/aromatic N) is 1. The van der Waals surface area contributed by atoms with Crippen LogP contribution in [-0.4, -0.2) is 26.7 Å². The first-order valence-electron chi connectivity index (χ1n) is 9.61. The predicted octanol–water partition coefficient (Wildman–Crippen LogP) is 4.10. The molecule has 6 rings (SSSR count). The lowest BCUT2D eigenvalue weighted by Crippen LogP contribution is -2.29. The van der Waals surface area contributed by atoms with E-state index in [0.29, 0.717) is 5.46 Å². The van der Waals surface area contributed by atoms with E-state index < -0.39 is 7.12 Å². The van der Waals surface area contributed by atoms with Gasteiger partial charge in [-0.1, -0.05) is 48.5 Å². The van der Waals surface area contributed by atoms with Crippen LogP contribution < -0.4 is 5.46 Å². The minimum Gasteiger partial charge on any atom is -0.423 e. The van der Waals surface area contributed by atoms with Crippen LogP contribution in [0.2, 0.25) is 0 Å². The van der Waals surface area contributed by atoms with Gasteiger partial charge in [0.05, 0.1) is 11.0 Å². The number of H-pyrrole nitrogens is 1. The van der Waals surface area contributed by atoms with E-state index in [1.165, 1.54) is 10.8 Å². The van der Waals surface area contributed by atoms with Crippen molar-refractivity contribution in [3.05, 3.63) is 84.9 Å². The lowest BCUT2D eigenvalue weighted by atomic mass is 9.80. The number of rotatable bonds is 2. The summed E-state index contributed by atoms with van der Waals surface area (Å²) in [7, 11) is -1.48. The van der Waals surface area contributed by atoms with Crippen molar-refractivity contribution in [2.45, 2.75) is 0 Å². The standard InChI is InChI=1S/C24H17BN2O2/c28-25(29)15-9-12-24-20(13-15)18-6-2-4-8-23(18)27(24)16-10-11-22-19(14-16)17-5-1-3-7-21(17)26-22/h1-14,26,28-29H. The maximum absolute atomic E-state index is 9.62. The highest BCUT2D eigenvalue weighted by atomic mass is 16.4.